The van der Waals surface area contributed by atoms with E-state index in [2.05, 4.69) is 96.3 Å². The zero-order valence-electron chi connectivity index (χ0n) is 22.3. The summed E-state index contributed by atoms with van der Waals surface area (Å²) in [4.78, 5) is 0. The average Bonchev–Trinajstić information content (AvgIpc) is 3.50. The maximum absolute atomic E-state index is 7.06. The molecule has 8 rings (SSSR count). The van der Waals surface area contributed by atoms with Gasteiger partial charge in [0.15, 0.2) is 0 Å². The molecular weight excluding hydrogens is 492 g/mol. The first-order valence-corrected chi connectivity index (χ1v) is 14.4. The van der Waals surface area contributed by atoms with Gasteiger partial charge in [-0.25, -0.2) is 0 Å². The number of hydrogen-bond acceptors (Lipinski definition) is 4. The summed E-state index contributed by atoms with van der Waals surface area (Å²) >= 11 is 0. The Kier molecular flexibility index (Phi) is 5.65. The highest BCUT2D eigenvalue weighted by Gasteiger charge is 2.40. The smallest absolute Gasteiger partial charge is 0.140 e. The highest BCUT2D eigenvalue weighted by atomic mass is 16.3. The summed E-state index contributed by atoms with van der Waals surface area (Å²) in [6.07, 6.45) is 8.30. The van der Waals surface area contributed by atoms with E-state index >= 15 is 0 Å². The average molecular weight is 525 g/mol. The molecule has 2 heterocycles. The van der Waals surface area contributed by atoms with Crippen LogP contribution in [0.2, 0.25) is 0 Å². The molecule has 4 aromatic carbocycles. The van der Waals surface area contributed by atoms with Crippen molar-refractivity contribution in [2.75, 3.05) is 0 Å². The Labute approximate surface area is 233 Å². The van der Waals surface area contributed by atoms with Gasteiger partial charge in [0, 0.05) is 63.3 Å². The SMILES string of the molecule is NC(CC(NC1CC1c1ccccc1)c1cccc2c3c(oc12)CCC=C3)c1cccc2c1oc1ccccc12. The second kappa shape index (κ2) is 9.51. The third kappa shape index (κ3) is 3.98. The van der Waals surface area contributed by atoms with Crippen LogP contribution in [0.15, 0.2) is 106 Å². The molecule has 1 fully saturated rings. The van der Waals surface area contributed by atoms with Gasteiger partial charge in [0.05, 0.1) is 0 Å². The molecule has 0 spiro atoms. The summed E-state index contributed by atoms with van der Waals surface area (Å²) < 4.78 is 12.9. The number of para-hydroxylation sites is 3. The van der Waals surface area contributed by atoms with Crippen molar-refractivity contribution in [1.82, 2.24) is 5.32 Å². The Morgan fingerprint density at radius 3 is 2.42 bits per heavy atom. The first-order valence-electron chi connectivity index (χ1n) is 14.4. The van der Waals surface area contributed by atoms with Crippen molar-refractivity contribution in [2.24, 2.45) is 5.73 Å². The lowest BCUT2D eigenvalue weighted by molar-refractivity contribution is 0.445. The topological polar surface area (TPSA) is 64.3 Å². The van der Waals surface area contributed by atoms with E-state index < -0.39 is 0 Å². The van der Waals surface area contributed by atoms with Crippen molar-refractivity contribution in [1.29, 1.82) is 0 Å². The zero-order valence-corrected chi connectivity index (χ0v) is 22.3. The van der Waals surface area contributed by atoms with Crippen molar-refractivity contribution in [3.63, 3.8) is 0 Å². The highest BCUT2D eigenvalue weighted by molar-refractivity contribution is 6.05. The van der Waals surface area contributed by atoms with Crippen LogP contribution >= 0.6 is 0 Å². The first kappa shape index (κ1) is 23.7. The molecule has 0 amide bonds. The van der Waals surface area contributed by atoms with E-state index in [1.54, 1.807) is 0 Å². The Balaban J connectivity index is 1.18. The molecule has 1 saturated carbocycles. The number of rotatable bonds is 7. The minimum Gasteiger partial charge on any atom is -0.460 e. The quantitative estimate of drug-likeness (QED) is 0.220. The van der Waals surface area contributed by atoms with Crippen molar-refractivity contribution >= 4 is 39.0 Å². The summed E-state index contributed by atoms with van der Waals surface area (Å²) in [6, 6.07) is 32.2. The van der Waals surface area contributed by atoms with Gasteiger partial charge in [0.2, 0.25) is 0 Å². The number of allylic oxidation sites excluding steroid dienone is 1. The van der Waals surface area contributed by atoms with E-state index in [1.807, 2.05) is 12.1 Å². The number of fused-ring (bicyclic) bond motifs is 6. The summed E-state index contributed by atoms with van der Waals surface area (Å²) in [5.41, 5.74) is 14.7. The van der Waals surface area contributed by atoms with E-state index in [9.17, 15) is 0 Å². The molecule has 4 nitrogen and oxygen atoms in total. The number of nitrogens with two attached hydrogens (primary N) is 1. The molecule has 4 unspecified atom stereocenters. The molecule has 4 atom stereocenters. The highest BCUT2D eigenvalue weighted by Crippen LogP contribution is 2.45. The summed E-state index contributed by atoms with van der Waals surface area (Å²) in [7, 11) is 0. The van der Waals surface area contributed by atoms with E-state index in [-0.39, 0.29) is 12.1 Å². The van der Waals surface area contributed by atoms with Crippen LogP contribution in [0, 0.1) is 0 Å². The van der Waals surface area contributed by atoms with Crippen LogP contribution in [0.5, 0.6) is 0 Å². The summed E-state index contributed by atoms with van der Waals surface area (Å²) in [5.74, 6) is 1.61. The van der Waals surface area contributed by atoms with Gasteiger partial charge < -0.3 is 19.9 Å². The van der Waals surface area contributed by atoms with Crippen LogP contribution < -0.4 is 11.1 Å². The van der Waals surface area contributed by atoms with Gasteiger partial charge >= 0.3 is 0 Å². The Bertz CT molecular complexity index is 1880. The van der Waals surface area contributed by atoms with Crippen LogP contribution in [0.4, 0.5) is 0 Å². The van der Waals surface area contributed by atoms with Gasteiger partial charge in [-0.05, 0) is 30.9 Å². The van der Waals surface area contributed by atoms with E-state index in [4.69, 9.17) is 14.6 Å². The lowest BCUT2D eigenvalue weighted by atomic mass is 9.92. The second-order valence-electron chi connectivity index (χ2n) is 11.3. The molecule has 3 N–H and O–H groups in total. The van der Waals surface area contributed by atoms with Crippen LogP contribution in [-0.4, -0.2) is 6.04 Å². The minimum atomic E-state index is -0.213. The standard InChI is InChI=1S/C36H32N2O2/c37-30(27-16-8-14-25-23-12-4-6-18-33(23)39-35(25)27)21-32(38-31-20-29(31)22-10-2-1-3-11-22)28-17-9-15-26-24-13-5-7-19-34(24)40-36(26)28/h1-6,8-18,29-32,38H,7,19-21,37H2. The van der Waals surface area contributed by atoms with Gasteiger partial charge in [0.1, 0.15) is 22.5 Å². The van der Waals surface area contributed by atoms with Gasteiger partial charge in [-0.3, -0.25) is 0 Å². The maximum Gasteiger partial charge on any atom is 0.140 e. The molecule has 2 aliphatic rings. The second-order valence-corrected chi connectivity index (χ2v) is 11.3. The van der Waals surface area contributed by atoms with E-state index in [1.165, 1.54) is 22.1 Å². The van der Waals surface area contributed by atoms with E-state index in [0.29, 0.717) is 12.0 Å². The normalized spacial score (nSPS) is 19.7. The molecular formula is C36H32N2O2. The fraction of sp³-hybridized carbons (Fsp3) is 0.222. The molecule has 2 aromatic heterocycles. The molecule has 40 heavy (non-hydrogen) atoms. The fourth-order valence-electron chi connectivity index (χ4n) is 6.70. The number of nitrogens with one attached hydrogen (secondary N) is 1. The number of hydrogen-bond donors (Lipinski definition) is 2. The molecule has 0 radical (unpaired) electrons. The molecule has 0 aliphatic heterocycles. The molecule has 4 heteroatoms. The maximum atomic E-state index is 7.06. The summed E-state index contributed by atoms with van der Waals surface area (Å²) in [5, 5.41) is 7.45. The van der Waals surface area contributed by atoms with Gasteiger partial charge in [-0.15, -0.1) is 0 Å². The van der Waals surface area contributed by atoms with Gasteiger partial charge in [-0.1, -0.05) is 97.1 Å². The summed E-state index contributed by atoms with van der Waals surface area (Å²) in [6.45, 7) is 0. The Morgan fingerprint density at radius 1 is 0.775 bits per heavy atom. The van der Waals surface area contributed by atoms with Gasteiger partial charge in [-0.2, -0.15) is 0 Å². The molecule has 6 aromatic rings. The predicted molar refractivity (Wildman–Crippen MR) is 162 cm³/mol. The predicted octanol–water partition coefficient (Wildman–Crippen LogP) is 8.57. The van der Waals surface area contributed by atoms with Gasteiger partial charge in [0.25, 0.3) is 0 Å². The number of aryl methyl sites for hydroxylation is 1. The van der Waals surface area contributed by atoms with Crippen LogP contribution in [0.1, 0.15) is 65.3 Å². The van der Waals surface area contributed by atoms with E-state index in [0.717, 1.165) is 64.5 Å². The lowest BCUT2D eigenvalue weighted by Gasteiger charge is -2.24. The van der Waals surface area contributed by atoms with Crippen molar-refractivity contribution < 1.29 is 8.83 Å². The van der Waals surface area contributed by atoms with Crippen LogP contribution in [0.25, 0.3) is 39.0 Å². The largest absolute Gasteiger partial charge is 0.460 e. The van der Waals surface area contributed by atoms with Crippen LogP contribution in [0.3, 0.4) is 0 Å². The molecule has 0 saturated heterocycles. The van der Waals surface area contributed by atoms with Crippen molar-refractivity contribution in [3.8, 4) is 0 Å². The zero-order chi connectivity index (χ0) is 26.6. The van der Waals surface area contributed by atoms with Crippen molar-refractivity contribution in [2.45, 2.75) is 49.7 Å². The Morgan fingerprint density at radius 2 is 1.52 bits per heavy atom. The first-order chi connectivity index (χ1) is 19.7. The fourth-order valence-corrected chi connectivity index (χ4v) is 6.70. The molecule has 198 valence electrons. The number of benzene rings is 4. The molecule has 0 bridgehead atoms. The molecule has 2 aliphatic carbocycles. The minimum absolute atomic E-state index is 0.0358. The lowest BCUT2D eigenvalue weighted by Crippen LogP contribution is -2.28. The van der Waals surface area contributed by atoms with Crippen molar-refractivity contribution in [3.05, 3.63) is 125 Å². The monoisotopic (exact) mass is 524 g/mol. The third-order valence-electron chi connectivity index (χ3n) is 8.82. The number of furan rings is 2. The van der Waals surface area contributed by atoms with Crippen LogP contribution in [-0.2, 0) is 6.42 Å². The third-order valence-corrected chi connectivity index (χ3v) is 8.82. The Hall–Kier alpha value is -4.12.